The van der Waals surface area contributed by atoms with E-state index in [0.717, 1.165) is 62.1 Å². The Morgan fingerprint density at radius 1 is 0.818 bits per heavy atom. The Morgan fingerprint density at radius 3 is 2.39 bits per heavy atom. The van der Waals surface area contributed by atoms with Gasteiger partial charge in [-0.1, -0.05) is 54.6 Å². The zero-order valence-corrected chi connectivity index (χ0v) is 18.8. The van der Waals surface area contributed by atoms with Crippen LogP contribution in [0.25, 0.3) is 11.0 Å². The van der Waals surface area contributed by atoms with Crippen LogP contribution in [0.3, 0.4) is 0 Å². The maximum Gasteiger partial charge on any atom is 0.204 e. The molecule has 6 heteroatoms. The zero-order valence-electron chi connectivity index (χ0n) is 18.8. The topological polar surface area (TPSA) is 51.5 Å². The molecule has 0 bridgehead atoms. The molecule has 5 rings (SSSR count). The number of anilines is 1. The molecule has 2 heterocycles. The number of hydrogen-bond donors (Lipinski definition) is 1. The van der Waals surface area contributed by atoms with Crippen molar-refractivity contribution in [1.29, 1.82) is 0 Å². The van der Waals surface area contributed by atoms with E-state index >= 15 is 0 Å². The van der Waals surface area contributed by atoms with Gasteiger partial charge in [-0.05, 0) is 35.4 Å². The van der Waals surface area contributed by atoms with Gasteiger partial charge < -0.3 is 19.4 Å². The average Bonchev–Trinajstić information content (AvgIpc) is 3.24. The van der Waals surface area contributed by atoms with Crippen molar-refractivity contribution in [2.24, 2.45) is 0 Å². The first-order valence-electron chi connectivity index (χ1n) is 11.6. The molecule has 0 unspecified atom stereocenters. The first-order chi connectivity index (χ1) is 16.3. The van der Waals surface area contributed by atoms with Crippen LogP contribution in [-0.2, 0) is 24.4 Å². The molecule has 33 heavy (non-hydrogen) atoms. The predicted molar refractivity (Wildman–Crippen MR) is 132 cm³/mol. The Labute approximate surface area is 194 Å². The van der Waals surface area contributed by atoms with E-state index in [1.54, 1.807) is 0 Å². The standard InChI is InChI=1S/C27H30N4O2/c1-2-6-23(7-3-1)21-33-24-12-10-22(11-13-24)20-28-27-29-25-8-4-5-9-26(25)31(27)15-14-30-16-18-32-19-17-30/h1-13H,14-21H2,(H,28,29). The number of para-hydroxylation sites is 2. The van der Waals surface area contributed by atoms with E-state index < -0.39 is 0 Å². The fourth-order valence-corrected chi connectivity index (χ4v) is 4.13. The third-order valence-corrected chi connectivity index (χ3v) is 6.02. The highest BCUT2D eigenvalue weighted by Gasteiger charge is 2.14. The lowest BCUT2D eigenvalue weighted by Crippen LogP contribution is -2.38. The second-order valence-electron chi connectivity index (χ2n) is 8.30. The molecule has 0 amide bonds. The van der Waals surface area contributed by atoms with Crippen molar-refractivity contribution in [3.63, 3.8) is 0 Å². The van der Waals surface area contributed by atoms with E-state index in [-0.39, 0.29) is 0 Å². The quantitative estimate of drug-likeness (QED) is 0.412. The van der Waals surface area contributed by atoms with Gasteiger partial charge in [0, 0.05) is 32.7 Å². The molecule has 0 atom stereocenters. The summed E-state index contributed by atoms with van der Waals surface area (Å²) in [5, 5.41) is 3.55. The highest BCUT2D eigenvalue weighted by Crippen LogP contribution is 2.21. The highest BCUT2D eigenvalue weighted by molar-refractivity contribution is 5.78. The van der Waals surface area contributed by atoms with E-state index in [2.05, 4.69) is 57.2 Å². The predicted octanol–water partition coefficient (Wildman–Crippen LogP) is 4.56. The van der Waals surface area contributed by atoms with Crippen LogP contribution in [0.15, 0.2) is 78.9 Å². The largest absolute Gasteiger partial charge is 0.489 e. The summed E-state index contributed by atoms with van der Waals surface area (Å²) in [7, 11) is 0. The number of nitrogens with one attached hydrogen (secondary N) is 1. The average molecular weight is 443 g/mol. The number of rotatable bonds is 9. The van der Waals surface area contributed by atoms with Crippen molar-refractivity contribution in [1.82, 2.24) is 14.5 Å². The lowest BCUT2D eigenvalue weighted by Gasteiger charge is -2.27. The molecule has 3 aromatic carbocycles. The smallest absolute Gasteiger partial charge is 0.204 e. The Kier molecular flexibility index (Phi) is 6.85. The van der Waals surface area contributed by atoms with Crippen molar-refractivity contribution in [2.75, 3.05) is 38.2 Å². The SMILES string of the molecule is c1ccc(COc2ccc(CNc3nc4ccccc4n3CCN3CCOCC3)cc2)cc1. The second-order valence-corrected chi connectivity index (χ2v) is 8.30. The summed E-state index contributed by atoms with van der Waals surface area (Å²) >= 11 is 0. The van der Waals surface area contributed by atoms with Gasteiger partial charge in [-0.3, -0.25) is 4.90 Å². The van der Waals surface area contributed by atoms with E-state index in [1.807, 2.05) is 36.4 Å². The molecule has 6 nitrogen and oxygen atoms in total. The number of morpholine rings is 1. The number of imidazole rings is 1. The normalized spacial score (nSPS) is 14.4. The molecule has 1 aliphatic rings. The first-order valence-corrected chi connectivity index (χ1v) is 11.6. The molecule has 1 fully saturated rings. The van der Waals surface area contributed by atoms with E-state index in [9.17, 15) is 0 Å². The summed E-state index contributed by atoms with van der Waals surface area (Å²) < 4.78 is 13.7. The summed E-state index contributed by atoms with van der Waals surface area (Å²) in [5.41, 5.74) is 4.54. The van der Waals surface area contributed by atoms with Gasteiger partial charge in [-0.15, -0.1) is 0 Å². The molecular formula is C27H30N4O2. The van der Waals surface area contributed by atoms with Gasteiger partial charge in [-0.25, -0.2) is 4.98 Å². The van der Waals surface area contributed by atoms with Crippen LogP contribution in [0.2, 0.25) is 0 Å². The summed E-state index contributed by atoms with van der Waals surface area (Å²) in [4.78, 5) is 7.31. The molecule has 1 aliphatic heterocycles. The maximum absolute atomic E-state index is 5.91. The second kappa shape index (κ2) is 10.5. The fraction of sp³-hybridized carbons (Fsp3) is 0.296. The Morgan fingerprint density at radius 2 is 1.58 bits per heavy atom. The van der Waals surface area contributed by atoms with Crippen LogP contribution in [-0.4, -0.2) is 47.3 Å². The van der Waals surface area contributed by atoms with E-state index in [1.165, 1.54) is 11.1 Å². The number of fused-ring (bicyclic) bond motifs is 1. The zero-order chi connectivity index (χ0) is 22.3. The van der Waals surface area contributed by atoms with Gasteiger partial charge in [-0.2, -0.15) is 0 Å². The molecule has 0 aliphatic carbocycles. The van der Waals surface area contributed by atoms with Crippen LogP contribution in [0, 0.1) is 0 Å². The first kappa shape index (κ1) is 21.5. The van der Waals surface area contributed by atoms with Crippen LogP contribution in [0.5, 0.6) is 5.75 Å². The number of nitrogens with zero attached hydrogens (tertiary/aromatic N) is 3. The van der Waals surface area contributed by atoms with Crippen molar-refractivity contribution in [3.8, 4) is 5.75 Å². The minimum absolute atomic E-state index is 0.575. The number of ether oxygens (including phenoxy) is 2. The lowest BCUT2D eigenvalue weighted by molar-refractivity contribution is 0.0366. The van der Waals surface area contributed by atoms with Crippen molar-refractivity contribution >= 4 is 17.0 Å². The minimum Gasteiger partial charge on any atom is -0.489 e. The fourth-order valence-electron chi connectivity index (χ4n) is 4.13. The van der Waals surface area contributed by atoms with E-state index in [4.69, 9.17) is 14.5 Å². The van der Waals surface area contributed by atoms with Crippen molar-refractivity contribution in [3.05, 3.63) is 90.0 Å². The summed E-state index contributed by atoms with van der Waals surface area (Å²) in [6.07, 6.45) is 0. The highest BCUT2D eigenvalue weighted by atomic mass is 16.5. The molecule has 0 saturated carbocycles. The summed E-state index contributed by atoms with van der Waals surface area (Å²) in [5.74, 6) is 1.79. The Balaban J connectivity index is 1.22. The third-order valence-electron chi connectivity index (χ3n) is 6.02. The van der Waals surface area contributed by atoms with Crippen LogP contribution in [0.1, 0.15) is 11.1 Å². The lowest BCUT2D eigenvalue weighted by atomic mass is 10.2. The monoisotopic (exact) mass is 442 g/mol. The van der Waals surface area contributed by atoms with Gasteiger partial charge >= 0.3 is 0 Å². The summed E-state index contributed by atoms with van der Waals surface area (Å²) in [6, 6.07) is 26.8. The van der Waals surface area contributed by atoms with Gasteiger partial charge in [0.15, 0.2) is 0 Å². The number of benzene rings is 3. The molecule has 1 saturated heterocycles. The van der Waals surface area contributed by atoms with E-state index in [0.29, 0.717) is 13.2 Å². The minimum atomic E-state index is 0.575. The van der Waals surface area contributed by atoms with Gasteiger partial charge in [0.2, 0.25) is 5.95 Å². The van der Waals surface area contributed by atoms with Gasteiger partial charge in [0.1, 0.15) is 12.4 Å². The number of aromatic nitrogens is 2. The Bertz CT molecular complexity index is 1150. The molecule has 0 spiro atoms. The molecule has 0 radical (unpaired) electrons. The summed E-state index contributed by atoms with van der Waals surface area (Å²) in [6.45, 7) is 6.80. The maximum atomic E-state index is 5.91. The van der Waals surface area contributed by atoms with Crippen LogP contribution < -0.4 is 10.1 Å². The van der Waals surface area contributed by atoms with Crippen LogP contribution >= 0.6 is 0 Å². The van der Waals surface area contributed by atoms with Gasteiger partial charge in [0.05, 0.1) is 24.2 Å². The molecular weight excluding hydrogens is 412 g/mol. The molecule has 1 aromatic heterocycles. The van der Waals surface area contributed by atoms with Gasteiger partial charge in [0.25, 0.3) is 0 Å². The van der Waals surface area contributed by atoms with Crippen molar-refractivity contribution < 1.29 is 9.47 Å². The molecule has 170 valence electrons. The molecule has 1 N–H and O–H groups in total. The Hall–Kier alpha value is -3.35. The van der Waals surface area contributed by atoms with Crippen LogP contribution in [0.4, 0.5) is 5.95 Å². The molecule has 4 aromatic rings. The van der Waals surface area contributed by atoms with Crippen molar-refractivity contribution in [2.45, 2.75) is 19.7 Å². The third kappa shape index (κ3) is 5.53. The number of hydrogen-bond acceptors (Lipinski definition) is 5.